The van der Waals surface area contributed by atoms with Gasteiger partial charge in [0, 0.05) is 43.1 Å². The number of anilines is 2. The van der Waals surface area contributed by atoms with Crippen molar-refractivity contribution in [2.45, 2.75) is 26.1 Å². The number of amides is 2. The second-order valence-electron chi connectivity index (χ2n) is 7.47. The maximum Gasteiger partial charge on any atom is 0.471 e. The highest BCUT2D eigenvalue weighted by molar-refractivity contribution is 6.04. The summed E-state index contributed by atoms with van der Waals surface area (Å²) < 4.78 is 43.3. The van der Waals surface area contributed by atoms with Crippen molar-refractivity contribution in [1.29, 1.82) is 0 Å². The second-order valence-corrected chi connectivity index (χ2v) is 7.47. The number of nitrogens with one attached hydrogen (secondary N) is 1. The van der Waals surface area contributed by atoms with Gasteiger partial charge in [-0.05, 0) is 56.3 Å². The number of halogens is 3. The van der Waals surface area contributed by atoms with Gasteiger partial charge in [0.1, 0.15) is 5.75 Å². The topological polar surface area (TPSA) is 61.9 Å². The van der Waals surface area contributed by atoms with Crippen molar-refractivity contribution >= 4 is 23.2 Å². The minimum Gasteiger partial charge on any atom is -0.491 e. The second kappa shape index (κ2) is 9.28. The van der Waals surface area contributed by atoms with E-state index in [4.69, 9.17) is 4.74 Å². The molecule has 6 nitrogen and oxygen atoms in total. The fourth-order valence-corrected chi connectivity index (χ4v) is 3.29. The molecule has 2 aromatic carbocycles. The van der Waals surface area contributed by atoms with Crippen LogP contribution in [0.1, 0.15) is 24.2 Å². The molecule has 1 heterocycles. The summed E-state index contributed by atoms with van der Waals surface area (Å²) in [7, 11) is 0. The van der Waals surface area contributed by atoms with Gasteiger partial charge in [-0.25, -0.2) is 0 Å². The molecule has 1 saturated heterocycles. The Bertz CT molecular complexity index is 922. The molecule has 3 rings (SSSR count). The van der Waals surface area contributed by atoms with Crippen LogP contribution in [0.4, 0.5) is 24.5 Å². The molecule has 0 unspecified atom stereocenters. The number of nitrogens with zero attached hydrogens (tertiary/aromatic N) is 2. The number of carbonyl (C=O) groups is 2. The Labute approximate surface area is 178 Å². The molecule has 31 heavy (non-hydrogen) atoms. The van der Waals surface area contributed by atoms with E-state index in [2.05, 4.69) is 5.32 Å². The first kappa shape index (κ1) is 22.5. The lowest BCUT2D eigenvalue weighted by Crippen LogP contribution is -2.52. The lowest BCUT2D eigenvalue weighted by atomic mass is 10.2. The van der Waals surface area contributed by atoms with E-state index < -0.39 is 12.1 Å². The molecule has 2 aromatic rings. The van der Waals surface area contributed by atoms with Gasteiger partial charge in [0.05, 0.1) is 6.10 Å². The third kappa shape index (κ3) is 5.90. The summed E-state index contributed by atoms with van der Waals surface area (Å²) in [5.41, 5.74) is 1.87. The number of piperazine rings is 1. The van der Waals surface area contributed by atoms with Crippen LogP contribution < -0.4 is 15.0 Å². The molecule has 2 amide bonds. The predicted octanol–water partition coefficient (Wildman–Crippen LogP) is 3.94. The quantitative estimate of drug-likeness (QED) is 0.773. The van der Waals surface area contributed by atoms with Crippen molar-refractivity contribution in [2.75, 3.05) is 36.4 Å². The maximum absolute atomic E-state index is 12.6. The predicted molar refractivity (Wildman–Crippen MR) is 111 cm³/mol. The van der Waals surface area contributed by atoms with Crippen LogP contribution in [-0.2, 0) is 4.79 Å². The number of benzene rings is 2. The minimum atomic E-state index is -4.84. The zero-order chi connectivity index (χ0) is 22.6. The van der Waals surface area contributed by atoms with Crippen LogP contribution in [0, 0.1) is 0 Å². The van der Waals surface area contributed by atoms with Gasteiger partial charge in [-0.2, -0.15) is 13.2 Å². The third-order valence-corrected chi connectivity index (χ3v) is 4.77. The minimum absolute atomic E-state index is 0.000644. The van der Waals surface area contributed by atoms with E-state index in [9.17, 15) is 22.8 Å². The molecule has 0 bridgehead atoms. The van der Waals surface area contributed by atoms with Crippen molar-refractivity contribution in [3.8, 4) is 5.75 Å². The number of hydrogen-bond donors (Lipinski definition) is 1. The van der Waals surface area contributed by atoms with E-state index in [0.717, 1.165) is 10.6 Å². The molecule has 0 saturated carbocycles. The molecule has 0 aromatic heterocycles. The van der Waals surface area contributed by atoms with E-state index in [1.807, 2.05) is 18.7 Å². The van der Waals surface area contributed by atoms with Crippen LogP contribution in [0.25, 0.3) is 0 Å². The lowest BCUT2D eigenvalue weighted by Gasteiger charge is -2.36. The molecule has 0 aliphatic carbocycles. The molecular formula is C22H24F3N3O3. The molecular weight excluding hydrogens is 411 g/mol. The number of ether oxygens (including phenoxy) is 1. The van der Waals surface area contributed by atoms with Crippen LogP contribution in [0.5, 0.6) is 5.75 Å². The number of rotatable bonds is 5. The van der Waals surface area contributed by atoms with E-state index in [0.29, 0.717) is 30.1 Å². The molecule has 1 aliphatic heterocycles. The Kier molecular flexibility index (Phi) is 6.72. The van der Waals surface area contributed by atoms with Gasteiger partial charge < -0.3 is 19.9 Å². The smallest absolute Gasteiger partial charge is 0.471 e. The van der Waals surface area contributed by atoms with Crippen molar-refractivity contribution in [1.82, 2.24) is 4.90 Å². The van der Waals surface area contributed by atoms with Crippen LogP contribution >= 0.6 is 0 Å². The van der Waals surface area contributed by atoms with Gasteiger partial charge in [-0.3, -0.25) is 9.59 Å². The van der Waals surface area contributed by atoms with Gasteiger partial charge in [0.2, 0.25) is 0 Å². The molecule has 1 N–H and O–H groups in total. The first-order chi connectivity index (χ1) is 14.6. The summed E-state index contributed by atoms with van der Waals surface area (Å²) in [4.78, 5) is 26.6. The van der Waals surface area contributed by atoms with Gasteiger partial charge in [-0.1, -0.05) is 6.07 Å². The van der Waals surface area contributed by atoms with Gasteiger partial charge in [0.15, 0.2) is 0 Å². The number of alkyl halides is 3. The standard InChI is InChI=1S/C22H24F3N3O3/c1-15(2)31-19-5-3-4-16(14-19)20(29)26-17-6-8-18(9-7-17)27-10-12-28(13-11-27)21(30)22(23,24)25/h3-9,14-15H,10-13H2,1-2H3,(H,26,29). The van der Waals surface area contributed by atoms with Crippen molar-refractivity contribution < 1.29 is 27.5 Å². The zero-order valence-electron chi connectivity index (χ0n) is 17.3. The Morgan fingerprint density at radius 3 is 2.23 bits per heavy atom. The molecule has 0 spiro atoms. The van der Waals surface area contributed by atoms with Crippen LogP contribution in [0.15, 0.2) is 48.5 Å². The SMILES string of the molecule is CC(C)Oc1cccc(C(=O)Nc2ccc(N3CCN(C(=O)C(F)(F)F)CC3)cc2)c1. The highest BCUT2D eigenvalue weighted by atomic mass is 19.4. The normalized spacial score (nSPS) is 14.5. The summed E-state index contributed by atoms with van der Waals surface area (Å²) in [5.74, 6) is -1.46. The largest absolute Gasteiger partial charge is 0.491 e. The van der Waals surface area contributed by atoms with Crippen molar-refractivity contribution in [3.05, 3.63) is 54.1 Å². The Balaban J connectivity index is 1.57. The molecule has 166 valence electrons. The summed E-state index contributed by atoms with van der Waals surface area (Å²) >= 11 is 0. The van der Waals surface area contributed by atoms with Crippen molar-refractivity contribution in [3.63, 3.8) is 0 Å². The van der Waals surface area contributed by atoms with Gasteiger partial charge >= 0.3 is 12.1 Å². The average Bonchev–Trinajstić information content (AvgIpc) is 2.73. The highest BCUT2D eigenvalue weighted by Gasteiger charge is 2.43. The molecule has 1 fully saturated rings. The number of hydrogen-bond acceptors (Lipinski definition) is 4. The summed E-state index contributed by atoms with van der Waals surface area (Å²) in [6.07, 6.45) is -4.85. The van der Waals surface area contributed by atoms with Gasteiger partial charge in [-0.15, -0.1) is 0 Å². The zero-order valence-corrected chi connectivity index (χ0v) is 17.3. The lowest BCUT2D eigenvalue weighted by molar-refractivity contribution is -0.185. The van der Waals surface area contributed by atoms with E-state index >= 15 is 0 Å². The molecule has 9 heteroatoms. The van der Waals surface area contributed by atoms with Crippen LogP contribution in [0.2, 0.25) is 0 Å². The van der Waals surface area contributed by atoms with E-state index in [-0.39, 0.29) is 25.1 Å². The molecule has 0 radical (unpaired) electrons. The average molecular weight is 435 g/mol. The first-order valence-electron chi connectivity index (χ1n) is 9.92. The summed E-state index contributed by atoms with van der Waals surface area (Å²) in [6.45, 7) is 4.42. The van der Waals surface area contributed by atoms with Gasteiger partial charge in [0.25, 0.3) is 5.91 Å². The number of carbonyl (C=O) groups excluding carboxylic acids is 2. The van der Waals surface area contributed by atoms with Crippen molar-refractivity contribution in [2.24, 2.45) is 0 Å². The highest BCUT2D eigenvalue weighted by Crippen LogP contribution is 2.23. The Hall–Kier alpha value is -3.23. The van der Waals surface area contributed by atoms with E-state index in [1.54, 1.807) is 48.5 Å². The van der Waals surface area contributed by atoms with Crippen LogP contribution in [0.3, 0.4) is 0 Å². The fraction of sp³-hybridized carbons (Fsp3) is 0.364. The molecule has 1 aliphatic rings. The summed E-state index contributed by atoms with van der Waals surface area (Å²) in [5, 5.41) is 2.82. The van der Waals surface area contributed by atoms with E-state index in [1.165, 1.54) is 0 Å². The maximum atomic E-state index is 12.6. The first-order valence-corrected chi connectivity index (χ1v) is 9.92. The molecule has 0 atom stereocenters. The Morgan fingerprint density at radius 1 is 1.00 bits per heavy atom. The van der Waals surface area contributed by atoms with Crippen LogP contribution in [-0.4, -0.2) is 55.2 Å². The third-order valence-electron chi connectivity index (χ3n) is 4.77. The monoisotopic (exact) mass is 435 g/mol. The fourth-order valence-electron chi connectivity index (χ4n) is 3.29. The Morgan fingerprint density at radius 2 is 1.65 bits per heavy atom. The summed E-state index contributed by atoms with van der Waals surface area (Å²) in [6, 6.07) is 13.9.